The van der Waals surface area contributed by atoms with Crippen molar-refractivity contribution in [3.05, 3.63) is 0 Å². The van der Waals surface area contributed by atoms with Crippen LogP contribution in [0.2, 0.25) is 0 Å². The van der Waals surface area contributed by atoms with Gasteiger partial charge in [0.15, 0.2) is 3.92 Å². The molecule has 11 heavy (non-hydrogen) atoms. The number of imide groups is 2. The van der Waals surface area contributed by atoms with Gasteiger partial charge in [-0.05, 0) is 0 Å². The van der Waals surface area contributed by atoms with E-state index in [-0.39, 0.29) is 5.06 Å². The number of carbonyl (C=O) groups is 3. The van der Waals surface area contributed by atoms with Crippen LogP contribution in [0.4, 0.5) is 4.79 Å². The molecule has 1 rings (SSSR count). The zero-order chi connectivity index (χ0) is 8.59. The van der Waals surface area contributed by atoms with E-state index >= 15 is 0 Å². The summed E-state index contributed by atoms with van der Waals surface area (Å²) in [6.07, 6.45) is 0. The van der Waals surface area contributed by atoms with Crippen molar-refractivity contribution in [3.63, 3.8) is 0 Å². The average Bonchev–Trinajstić information content (AvgIpc) is 1.97. The molecular formula is C4H3IN2O4. The molecule has 1 saturated heterocycles. The number of hydroxylamine groups is 2. The van der Waals surface area contributed by atoms with Crippen molar-refractivity contribution in [2.45, 2.75) is 3.92 Å². The molecule has 1 aliphatic heterocycles. The maximum atomic E-state index is 10.7. The summed E-state index contributed by atoms with van der Waals surface area (Å²) in [5.74, 6) is -1.62. The van der Waals surface area contributed by atoms with Crippen LogP contribution in [0.25, 0.3) is 0 Å². The van der Waals surface area contributed by atoms with Gasteiger partial charge in [-0.3, -0.25) is 20.1 Å². The minimum Gasteiger partial charge on any atom is -0.277 e. The number of rotatable bonds is 0. The first-order valence-corrected chi connectivity index (χ1v) is 3.80. The minimum atomic E-state index is -1.10. The monoisotopic (exact) mass is 270 g/mol. The smallest absolute Gasteiger partial charge is 0.277 e. The fourth-order valence-electron chi connectivity index (χ4n) is 0.541. The Labute approximate surface area is 74.6 Å². The first-order chi connectivity index (χ1) is 5.04. The highest BCUT2D eigenvalue weighted by Gasteiger charge is 2.38. The fraction of sp³-hybridized carbons (Fsp3) is 0.250. The van der Waals surface area contributed by atoms with Gasteiger partial charge in [-0.15, -0.1) is 5.06 Å². The third kappa shape index (κ3) is 1.33. The lowest BCUT2D eigenvalue weighted by Crippen LogP contribution is -2.57. The quantitative estimate of drug-likeness (QED) is 0.262. The van der Waals surface area contributed by atoms with Crippen molar-refractivity contribution < 1.29 is 19.6 Å². The number of barbiturate groups is 1. The SMILES string of the molecule is O=C1NC(=O)N(O)C(=O)C1I. The Kier molecular flexibility index (Phi) is 2.09. The fourth-order valence-corrected chi connectivity index (χ4v) is 0.961. The van der Waals surface area contributed by atoms with Crippen LogP contribution in [0.5, 0.6) is 0 Å². The molecule has 60 valence electrons. The Morgan fingerprint density at radius 3 is 2.55 bits per heavy atom. The lowest BCUT2D eigenvalue weighted by molar-refractivity contribution is -0.156. The summed E-state index contributed by atoms with van der Waals surface area (Å²) in [5.41, 5.74) is 0. The molecule has 1 aliphatic rings. The Hall–Kier alpha value is -0.700. The predicted octanol–water partition coefficient (Wildman–Crippen LogP) is -0.742. The second kappa shape index (κ2) is 2.74. The lowest BCUT2D eigenvalue weighted by Gasteiger charge is -2.21. The van der Waals surface area contributed by atoms with Gasteiger partial charge in [0.1, 0.15) is 0 Å². The van der Waals surface area contributed by atoms with E-state index in [1.165, 1.54) is 22.6 Å². The van der Waals surface area contributed by atoms with Crippen molar-refractivity contribution >= 4 is 40.4 Å². The van der Waals surface area contributed by atoms with Crippen LogP contribution < -0.4 is 5.32 Å². The molecule has 0 aromatic carbocycles. The Bertz CT molecular complexity index is 218. The Morgan fingerprint density at radius 2 is 2.00 bits per heavy atom. The molecule has 0 saturated carbocycles. The minimum absolute atomic E-state index is 0.113. The number of alkyl halides is 1. The van der Waals surface area contributed by atoms with E-state index in [0.717, 1.165) is 0 Å². The molecule has 0 aromatic heterocycles. The molecule has 1 atom stereocenters. The third-order valence-electron chi connectivity index (χ3n) is 1.08. The van der Waals surface area contributed by atoms with Crippen LogP contribution in [0.3, 0.4) is 0 Å². The molecule has 4 amide bonds. The van der Waals surface area contributed by atoms with Crippen molar-refractivity contribution in [2.75, 3.05) is 0 Å². The number of nitrogens with one attached hydrogen (secondary N) is 1. The number of hydrogen-bond donors (Lipinski definition) is 2. The maximum absolute atomic E-state index is 10.7. The van der Waals surface area contributed by atoms with Gasteiger partial charge in [-0.25, -0.2) is 4.79 Å². The number of nitrogens with zero attached hydrogens (tertiary/aromatic N) is 1. The highest BCUT2D eigenvalue weighted by atomic mass is 127. The molecule has 0 spiro atoms. The molecule has 1 fully saturated rings. The van der Waals surface area contributed by atoms with E-state index in [2.05, 4.69) is 0 Å². The van der Waals surface area contributed by atoms with Gasteiger partial charge < -0.3 is 0 Å². The molecule has 1 unspecified atom stereocenters. The molecule has 7 heteroatoms. The molecule has 0 bridgehead atoms. The van der Waals surface area contributed by atoms with E-state index in [1.54, 1.807) is 5.32 Å². The van der Waals surface area contributed by atoms with Crippen LogP contribution in [-0.4, -0.2) is 32.0 Å². The number of urea groups is 1. The molecule has 0 radical (unpaired) electrons. The molecule has 2 N–H and O–H groups in total. The Balaban J connectivity index is 2.87. The molecular weight excluding hydrogens is 267 g/mol. The summed E-state index contributed by atoms with van der Waals surface area (Å²) in [5, 5.41) is 10.3. The van der Waals surface area contributed by atoms with E-state index in [0.29, 0.717) is 0 Å². The molecule has 6 nitrogen and oxygen atoms in total. The van der Waals surface area contributed by atoms with Crippen LogP contribution in [-0.2, 0) is 9.59 Å². The van der Waals surface area contributed by atoms with Crippen LogP contribution >= 0.6 is 22.6 Å². The third-order valence-corrected chi connectivity index (χ3v) is 2.18. The van der Waals surface area contributed by atoms with Gasteiger partial charge in [-0.2, -0.15) is 0 Å². The van der Waals surface area contributed by atoms with Gasteiger partial charge in [0.25, 0.3) is 11.8 Å². The largest absolute Gasteiger partial charge is 0.355 e. The van der Waals surface area contributed by atoms with Gasteiger partial charge in [0.2, 0.25) is 0 Å². The van der Waals surface area contributed by atoms with E-state index in [9.17, 15) is 14.4 Å². The summed E-state index contributed by atoms with van der Waals surface area (Å²) < 4.78 is -1.03. The van der Waals surface area contributed by atoms with E-state index in [4.69, 9.17) is 5.21 Å². The average molecular weight is 270 g/mol. The predicted molar refractivity (Wildman–Crippen MR) is 40.0 cm³/mol. The topological polar surface area (TPSA) is 86.7 Å². The number of hydrogen-bond acceptors (Lipinski definition) is 4. The normalized spacial score (nSPS) is 25.5. The van der Waals surface area contributed by atoms with Crippen LogP contribution in [0.15, 0.2) is 0 Å². The molecule has 0 aromatic rings. The van der Waals surface area contributed by atoms with Crippen molar-refractivity contribution in [1.82, 2.24) is 10.4 Å². The maximum Gasteiger partial charge on any atom is 0.355 e. The summed E-state index contributed by atoms with van der Waals surface area (Å²) >= 11 is 1.52. The van der Waals surface area contributed by atoms with Gasteiger partial charge >= 0.3 is 6.03 Å². The summed E-state index contributed by atoms with van der Waals surface area (Å²) in [6, 6.07) is -1.10. The first-order valence-electron chi connectivity index (χ1n) is 2.56. The van der Waals surface area contributed by atoms with Gasteiger partial charge in [-0.1, -0.05) is 22.6 Å². The first kappa shape index (κ1) is 8.40. The standard InChI is InChI=1S/C4H3IN2O4/c5-1-2(8)6-4(10)7(11)3(1)9/h1,11H,(H,6,8,10). The number of carbonyl (C=O) groups excluding carboxylic acids is 3. The molecule has 0 aliphatic carbocycles. The van der Waals surface area contributed by atoms with Crippen molar-refractivity contribution in [2.24, 2.45) is 0 Å². The zero-order valence-corrected chi connectivity index (χ0v) is 7.23. The van der Waals surface area contributed by atoms with E-state index < -0.39 is 21.8 Å². The number of amides is 4. The second-order valence-corrected chi connectivity index (χ2v) is 3.05. The summed E-state index contributed by atoms with van der Waals surface area (Å²) in [4.78, 5) is 31.9. The van der Waals surface area contributed by atoms with Crippen LogP contribution in [0, 0.1) is 0 Å². The summed E-state index contributed by atoms with van der Waals surface area (Å²) in [6.45, 7) is 0. The van der Waals surface area contributed by atoms with Crippen molar-refractivity contribution in [3.8, 4) is 0 Å². The second-order valence-electron chi connectivity index (χ2n) is 1.81. The zero-order valence-electron chi connectivity index (χ0n) is 5.07. The van der Waals surface area contributed by atoms with Crippen LogP contribution in [0.1, 0.15) is 0 Å². The lowest BCUT2D eigenvalue weighted by atomic mass is 10.3. The van der Waals surface area contributed by atoms with Crippen molar-refractivity contribution in [1.29, 1.82) is 0 Å². The molecule has 1 heterocycles. The van der Waals surface area contributed by atoms with Gasteiger partial charge in [0.05, 0.1) is 0 Å². The highest BCUT2D eigenvalue weighted by molar-refractivity contribution is 14.1. The summed E-state index contributed by atoms with van der Waals surface area (Å²) in [7, 11) is 0. The van der Waals surface area contributed by atoms with Gasteiger partial charge in [0, 0.05) is 0 Å². The highest BCUT2D eigenvalue weighted by Crippen LogP contribution is 2.09. The number of halogens is 1. The van der Waals surface area contributed by atoms with E-state index in [1.807, 2.05) is 0 Å². The Morgan fingerprint density at radius 1 is 1.45 bits per heavy atom.